The van der Waals surface area contributed by atoms with Crippen LogP contribution in [-0.2, 0) is 16.0 Å². The van der Waals surface area contributed by atoms with E-state index in [0.29, 0.717) is 13.2 Å². The van der Waals surface area contributed by atoms with Crippen LogP contribution in [0.3, 0.4) is 0 Å². The van der Waals surface area contributed by atoms with Gasteiger partial charge >= 0.3 is 0 Å². The van der Waals surface area contributed by atoms with Gasteiger partial charge in [-0.15, -0.1) is 0 Å². The molecule has 0 bridgehead atoms. The number of hydrogen-bond donors (Lipinski definition) is 1. The van der Waals surface area contributed by atoms with Crippen LogP contribution in [-0.4, -0.2) is 44.0 Å². The molecule has 6 nitrogen and oxygen atoms in total. The maximum absolute atomic E-state index is 11.2. The minimum absolute atomic E-state index is 0.320. The van der Waals surface area contributed by atoms with Crippen LogP contribution in [0, 0.1) is 5.41 Å². The molecule has 2 unspecified atom stereocenters. The van der Waals surface area contributed by atoms with Gasteiger partial charge in [-0.25, -0.2) is 9.67 Å². The molecule has 0 aliphatic carbocycles. The van der Waals surface area contributed by atoms with Crippen LogP contribution in [0.2, 0.25) is 0 Å². The standard InChI is InChI=1S/C13H23N3O3/c1-11(2,3)13(17,7-16-9-14-8-15-16)10-6-18-12(4,5)19-10/h8-10,17H,6-7H2,1-5H3. The van der Waals surface area contributed by atoms with Gasteiger partial charge in [0.1, 0.15) is 24.4 Å². The Morgan fingerprint density at radius 3 is 2.53 bits per heavy atom. The second-order valence-corrected chi connectivity index (χ2v) is 6.58. The summed E-state index contributed by atoms with van der Waals surface area (Å²) >= 11 is 0. The molecule has 1 N–H and O–H groups in total. The van der Waals surface area contributed by atoms with Crippen molar-refractivity contribution in [1.82, 2.24) is 14.8 Å². The van der Waals surface area contributed by atoms with Crippen LogP contribution in [0.5, 0.6) is 0 Å². The Morgan fingerprint density at radius 1 is 1.42 bits per heavy atom. The first kappa shape index (κ1) is 14.4. The molecule has 2 atom stereocenters. The van der Waals surface area contributed by atoms with E-state index in [1.807, 2.05) is 34.6 Å². The van der Waals surface area contributed by atoms with Crippen LogP contribution in [0.15, 0.2) is 12.7 Å². The summed E-state index contributed by atoms with van der Waals surface area (Å²) in [6.45, 7) is 10.4. The molecule has 0 radical (unpaired) electrons. The summed E-state index contributed by atoms with van der Waals surface area (Å²) in [6, 6.07) is 0. The van der Waals surface area contributed by atoms with Gasteiger partial charge in [0.15, 0.2) is 5.79 Å². The third-order valence-corrected chi connectivity index (χ3v) is 3.71. The van der Waals surface area contributed by atoms with E-state index in [4.69, 9.17) is 9.47 Å². The van der Waals surface area contributed by atoms with Crippen LogP contribution >= 0.6 is 0 Å². The van der Waals surface area contributed by atoms with Gasteiger partial charge in [0.25, 0.3) is 0 Å². The van der Waals surface area contributed by atoms with Crippen LogP contribution in [0.25, 0.3) is 0 Å². The molecule has 2 rings (SSSR count). The van der Waals surface area contributed by atoms with Gasteiger partial charge in [0, 0.05) is 0 Å². The second-order valence-electron chi connectivity index (χ2n) is 6.58. The fraction of sp³-hybridized carbons (Fsp3) is 0.846. The monoisotopic (exact) mass is 269 g/mol. The van der Waals surface area contributed by atoms with E-state index in [1.54, 1.807) is 11.0 Å². The highest BCUT2D eigenvalue weighted by Crippen LogP contribution is 2.40. The zero-order chi connectivity index (χ0) is 14.3. The van der Waals surface area contributed by atoms with Gasteiger partial charge in [-0.2, -0.15) is 5.10 Å². The van der Waals surface area contributed by atoms with Crippen molar-refractivity contribution in [3.05, 3.63) is 12.7 Å². The Labute approximate surface area is 113 Å². The topological polar surface area (TPSA) is 69.4 Å². The SMILES string of the molecule is CC1(C)OCC(C(O)(Cn2cncn2)C(C)(C)C)O1. The molecule has 0 spiro atoms. The molecule has 2 heterocycles. The van der Waals surface area contributed by atoms with Crippen LogP contribution < -0.4 is 0 Å². The number of aromatic nitrogens is 3. The molecule has 1 saturated heterocycles. The van der Waals surface area contributed by atoms with E-state index >= 15 is 0 Å². The molecule has 1 aliphatic heterocycles. The average Bonchev–Trinajstić information content (AvgIpc) is 2.85. The van der Waals surface area contributed by atoms with E-state index in [0.717, 1.165) is 0 Å². The van der Waals surface area contributed by atoms with Gasteiger partial charge in [0.2, 0.25) is 0 Å². The highest BCUT2D eigenvalue weighted by Gasteiger charge is 2.52. The lowest BCUT2D eigenvalue weighted by Crippen LogP contribution is -2.57. The minimum atomic E-state index is -1.09. The largest absolute Gasteiger partial charge is 0.385 e. The lowest BCUT2D eigenvalue weighted by molar-refractivity contribution is -0.199. The summed E-state index contributed by atoms with van der Waals surface area (Å²) in [7, 11) is 0. The maximum atomic E-state index is 11.2. The quantitative estimate of drug-likeness (QED) is 0.893. The van der Waals surface area contributed by atoms with Crippen molar-refractivity contribution in [2.75, 3.05) is 6.61 Å². The first-order chi connectivity index (χ1) is 8.64. The third kappa shape index (κ3) is 2.80. The first-order valence-corrected chi connectivity index (χ1v) is 6.51. The summed E-state index contributed by atoms with van der Waals surface area (Å²) in [4.78, 5) is 3.91. The summed E-state index contributed by atoms with van der Waals surface area (Å²) in [6.07, 6.45) is 2.66. The van der Waals surface area contributed by atoms with Crippen molar-refractivity contribution in [2.24, 2.45) is 5.41 Å². The molecular weight excluding hydrogens is 246 g/mol. The van der Waals surface area contributed by atoms with E-state index in [2.05, 4.69) is 10.1 Å². The van der Waals surface area contributed by atoms with Gasteiger partial charge < -0.3 is 14.6 Å². The predicted molar refractivity (Wildman–Crippen MR) is 69.3 cm³/mol. The predicted octanol–water partition coefficient (Wildman–Crippen LogP) is 1.21. The van der Waals surface area contributed by atoms with E-state index in [1.165, 1.54) is 6.33 Å². The fourth-order valence-electron chi connectivity index (χ4n) is 2.31. The molecule has 1 aromatic rings. The molecule has 0 aromatic carbocycles. The lowest BCUT2D eigenvalue weighted by atomic mass is 9.73. The highest BCUT2D eigenvalue weighted by molar-refractivity contribution is 4.99. The number of hydrogen-bond acceptors (Lipinski definition) is 5. The summed E-state index contributed by atoms with van der Waals surface area (Å²) in [5.41, 5.74) is -1.47. The van der Waals surface area contributed by atoms with E-state index < -0.39 is 17.5 Å². The fourth-order valence-corrected chi connectivity index (χ4v) is 2.31. The van der Waals surface area contributed by atoms with Crippen molar-refractivity contribution in [3.63, 3.8) is 0 Å². The van der Waals surface area contributed by atoms with Crippen molar-refractivity contribution in [3.8, 4) is 0 Å². The number of ether oxygens (including phenoxy) is 2. The van der Waals surface area contributed by atoms with E-state index in [-0.39, 0.29) is 5.41 Å². The maximum Gasteiger partial charge on any atom is 0.163 e. The minimum Gasteiger partial charge on any atom is -0.385 e. The van der Waals surface area contributed by atoms with Crippen LogP contribution in [0.1, 0.15) is 34.6 Å². The molecule has 6 heteroatoms. The van der Waals surface area contributed by atoms with Crippen molar-refractivity contribution < 1.29 is 14.6 Å². The highest BCUT2D eigenvalue weighted by atomic mass is 16.7. The smallest absolute Gasteiger partial charge is 0.163 e. The summed E-state index contributed by atoms with van der Waals surface area (Å²) in [5, 5.41) is 15.2. The van der Waals surface area contributed by atoms with E-state index in [9.17, 15) is 5.11 Å². The summed E-state index contributed by atoms with van der Waals surface area (Å²) in [5.74, 6) is -0.660. The third-order valence-electron chi connectivity index (χ3n) is 3.71. The average molecular weight is 269 g/mol. The van der Waals surface area contributed by atoms with Crippen LogP contribution in [0.4, 0.5) is 0 Å². The zero-order valence-corrected chi connectivity index (χ0v) is 12.3. The number of rotatable bonds is 3. The molecule has 0 amide bonds. The van der Waals surface area contributed by atoms with Gasteiger partial charge in [-0.3, -0.25) is 0 Å². The van der Waals surface area contributed by atoms with Crippen molar-refractivity contribution >= 4 is 0 Å². The molecule has 0 saturated carbocycles. The molecule has 19 heavy (non-hydrogen) atoms. The Bertz CT molecular complexity index is 425. The molecule has 1 aliphatic rings. The Hall–Kier alpha value is -0.980. The van der Waals surface area contributed by atoms with Gasteiger partial charge in [0.05, 0.1) is 13.2 Å². The Kier molecular flexibility index (Phi) is 3.45. The lowest BCUT2D eigenvalue weighted by Gasteiger charge is -2.43. The molecule has 1 fully saturated rings. The van der Waals surface area contributed by atoms with Crippen molar-refractivity contribution in [1.29, 1.82) is 0 Å². The first-order valence-electron chi connectivity index (χ1n) is 6.51. The summed E-state index contributed by atoms with van der Waals surface area (Å²) < 4.78 is 13.1. The number of nitrogens with zero attached hydrogens (tertiary/aromatic N) is 3. The number of aliphatic hydroxyl groups is 1. The van der Waals surface area contributed by atoms with Gasteiger partial charge in [-0.1, -0.05) is 20.8 Å². The molecule has 1 aromatic heterocycles. The Morgan fingerprint density at radius 2 is 2.11 bits per heavy atom. The van der Waals surface area contributed by atoms with Crippen molar-refractivity contribution in [2.45, 2.75) is 58.7 Å². The Balaban J connectivity index is 2.26. The zero-order valence-electron chi connectivity index (χ0n) is 12.3. The normalized spacial score (nSPS) is 26.3. The molecular formula is C13H23N3O3. The van der Waals surface area contributed by atoms with Gasteiger partial charge in [-0.05, 0) is 19.3 Å². The molecule has 108 valence electrons. The second kappa shape index (κ2) is 4.54.